The number of anilines is 1. The van der Waals surface area contributed by atoms with Gasteiger partial charge in [0.2, 0.25) is 0 Å². The van der Waals surface area contributed by atoms with Crippen molar-refractivity contribution in [1.82, 2.24) is 0 Å². The number of rotatable bonds is 2. The number of aryl methyl sites for hydroxylation is 1. The number of amides is 1. The standard InChI is InChI=1S/C18H14BrNO/c1-12-6-9-17(16(19)10-12)20-18(21)15-8-7-13-4-2-3-5-14(13)11-15/h2-11H,1H3,(H,20,21). The predicted molar refractivity (Wildman–Crippen MR) is 90.8 cm³/mol. The summed E-state index contributed by atoms with van der Waals surface area (Å²) in [6.45, 7) is 2.01. The van der Waals surface area contributed by atoms with Crippen LogP contribution in [0.1, 0.15) is 15.9 Å². The molecule has 0 saturated heterocycles. The third-order valence-electron chi connectivity index (χ3n) is 3.38. The topological polar surface area (TPSA) is 29.1 Å². The fraction of sp³-hybridized carbons (Fsp3) is 0.0556. The molecule has 0 aliphatic carbocycles. The molecular formula is C18H14BrNO. The molecule has 0 aliphatic heterocycles. The van der Waals surface area contributed by atoms with Gasteiger partial charge in [0.05, 0.1) is 5.69 Å². The van der Waals surface area contributed by atoms with E-state index in [1.165, 1.54) is 0 Å². The van der Waals surface area contributed by atoms with Crippen LogP contribution in [0.3, 0.4) is 0 Å². The van der Waals surface area contributed by atoms with Crippen molar-refractivity contribution < 1.29 is 4.79 Å². The van der Waals surface area contributed by atoms with Crippen LogP contribution in [0, 0.1) is 6.92 Å². The number of carbonyl (C=O) groups is 1. The molecule has 104 valence electrons. The van der Waals surface area contributed by atoms with Crippen LogP contribution in [0.4, 0.5) is 5.69 Å². The van der Waals surface area contributed by atoms with Gasteiger partial charge in [0.1, 0.15) is 0 Å². The monoisotopic (exact) mass is 339 g/mol. The quantitative estimate of drug-likeness (QED) is 0.686. The molecule has 0 unspecified atom stereocenters. The smallest absolute Gasteiger partial charge is 0.255 e. The summed E-state index contributed by atoms with van der Waals surface area (Å²) in [4.78, 5) is 12.4. The van der Waals surface area contributed by atoms with Gasteiger partial charge in [0.15, 0.2) is 0 Å². The SMILES string of the molecule is Cc1ccc(NC(=O)c2ccc3ccccc3c2)c(Br)c1. The van der Waals surface area contributed by atoms with Crippen molar-refractivity contribution >= 4 is 38.3 Å². The van der Waals surface area contributed by atoms with E-state index in [0.29, 0.717) is 5.56 Å². The molecule has 0 spiro atoms. The zero-order valence-electron chi connectivity index (χ0n) is 11.6. The van der Waals surface area contributed by atoms with Crippen LogP contribution >= 0.6 is 15.9 Å². The Morgan fingerprint density at radius 1 is 0.952 bits per heavy atom. The third-order valence-corrected chi connectivity index (χ3v) is 4.04. The van der Waals surface area contributed by atoms with Crippen LogP contribution in [0.2, 0.25) is 0 Å². The first-order chi connectivity index (χ1) is 10.1. The molecule has 0 radical (unpaired) electrons. The van der Waals surface area contributed by atoms with Crippen molar-refractivity contribution in [2.45, 2.75) is 6.92 Å². The van der Waals surface area contributed by atoms with Crippen molar-refractivity contribution in [3.8, 4) is 0 Å². The summed E-state index contributed by atoms with van der Waals surface area (Å²) >= 11 is 3.47. The van der Waals surface area contributed by atoms with Crippen LogP contribution in [0.15, 0.2) is 65.1 Å². The Hall–Kier alpha value is -2.13. The summed E-state index contributed by atoms with van der Waals surface area (Å²) in [5.74, 6) is -0.106. The van der Waals surface area contributed by atoms with Gasteiger partial charge in [-0.2, -0.15) is 0 Å². The van der Waals surface area contributed by atoms with Crippen molar-refractivity contribution in [3.05, 3.63) is 76.3 Å². The van der Waals surface area contributed by atoms with E-state index < -0.39 is 0 Å². The van der Waals surface area contributed by atoms with E-state index in [9.17, 15) is 4.79 Å². The number of nitrogens with one attached hydrogen (secondary N) is 1. The first kappa shape index (κ1) is 13.8. The van der Waals surface area contributed by atoms with Crippen molar-refractivity contribution in [1.29, 1.82) is 0 Å². The lowest BCUT2D eigenvalue weighted by atomic mass is 10.1. The zero-order valence-corrected chi connectivity index (χ0v) is 13.1. The Morgan fingerprint density at radius 2 is 1.71 bits per heavy atom. The number of benzene rings is 3. The van der Waals surface area contributed by atoms with Crippen LogP contribution in [-0.4, -0.2) is 5.91 Å². The van der Waals surface area contributed by atoms with Crippen molar-refractivity contribution in [3.63, 3.8) is 0 Å². The number of hydrogen-bond donors (Lipinski definition) is 1. The van der Waals surface area contributed by atoms with Crippen LogP contribution in [0.5, 0.6) is 0 Å². The molecule has 0 saturated carbocycles. The number of hydrogen-bond acceptors (Lipinski definition) is 1. The second kappa shape index (κ2) is 5.70. The number of halogens is 1. The van der Waals surface area contributed by atoms with Gasteiger partial charge >= 0.3 is 0 Å². The van der Waals surface area contributed by atoms with Gasteiger partial charge in [-0.05, 0) is 63.5 Å². The predicted octanol–water partition coefficient (Wildman–Crippen LogP) is 5.16. The van der Waals surface area contributed by atoms with Crippen LogP contribution in [-0.2, 0) is 0 Å². The third kappa shape index (κ3) is 2.98. The molecule has 1 amide bonds. The van der Waals surface area contributed by atoms with E-state index in [-0.39, 0.29) is 5.91 Å². The second-order valence-corrected chi connectivity index (χ2v) is 5.85. The highest BCUT2D eigenvalue weighted by atomic mass is 79.9. The molecule has 21 heavy (non-hydrogen) atoms. The Kier molecular flexibility index (Phi) is 3.76. The lowest BCUT2D eigenvalue weighted by Gasteiger charge is -2.09. The van der Waals surface area contributed by atoms with E-state index in [0.717, 1.165) is 26.5 Å². The summed E-state index contributed by atoms with van der Waals surface area (Å²) < 4.78 is 0.886. The van der Waals surface area contributed by atoms with Gasteiger partial charge in [-0.3, -0.25) is 4.79 Å². The Labute approximate surface area is 131 Å². The Morgan fingerprint density at radius 3 is 2.48 bits per heavy atom. The Bertz CT molecular complexity index is 826. The summed E-state index contributed by atoms with van der Waals surface area (Å²) in [5, 5.41) is 5.13. The number of carbonyl (C=O) groups excluding carboxylic acids is 1. The van der Waals surface area contributed by atoms with Crippen LogP contribution in [0.25, 0.3) is 10.8 Å². The van der Waals surface area contributed by atoms with E-state index in [1.54, 1.807) is 0 Å². The molecule has 0 bridgehead atoms. The van der Waals surface area contributed by atoms with Crippen LogP contribution < -0.4 is 5.32 Å². The maximum absolute atomic E-state index is 12.4. The molecular weight excluding hydrogens is 326 g/mol. The lowest BCUT2D eigenvalue weighted by Crippen LogP contribution is -2.12. The van der Waals surface area contributed by atoms with Gasteiger partial charge < -0.3 is 5.32 Å². The highest BCUT2D eigenvalue weighted by Crippen LogP contribution is 2.24. The molecule has 2 nitrogen and oxygen atoms in total. The average molecular weight is 340 g/mol. The molecule has 0 aliphatic rings. The normalized spacial score (nSPS) is 10.6. The molecule has 0 fully saturated rings. The molecule has 3 heteroatoms. The van der Waals surface area contributed by atoms with Gasteiger partial charge in [-0.15, -0.1) is 0 Å². The highest BCUT2D eigenvalue weighted by molar-refractivity contribution is 9.10. The molecule has 1 N–H and O–H groups in total. The van der Waals surface area contributed by atoms with E-state index >= 15 is 0 Å². The molecule has 3 aromatic carbocycles. The first-order valence-electron chi connectivity index (χ1n) is 6.70. The molecule has 3 aromatic rings. The zero-order chi connectivity index (χ0) is 14.8. The summed E-state index contributed by atoms with van der Waals surface area (Å²) in [6, 6.07) is 19.6. The molecule has 0 heterocycles. The summed E-state index contributed by atoms with van der Waals surface area (Å²) in [5.41, 5.74) is 2.57. The lowest BCUT2D eigenvalue weighted by molar-refractivity contribution is 0.102. The number of fused-ring (bicyclic) bond motifs is 1. The fourth-order valence-electron chi connectivity index (χ4n) is 2.25. The average Bonchev–Trinajstić information content (AvgIpc) is 2.49. The van der Waals surface area contributed by atoms with Gasteiger partial charge in [0, 0.05) is 10.0 Å². The van der Waals surface area contributed by atoms with Gasteiger partial charge in [0.25, 0.3) is 5.91 Å². The van der Waals surface area contributed by atoms with E-state index in [1.807, 2.05) is 67.6 Å². The van der Waals surface area contributed by atoms with Crippen molar-refractivity contribution in [2.75, 3.05) is 5.32 Å². The minimum absolute atomic E-state index is 0.106. The molecule has 3 rings (SSSR count). The van der Waals surface area contributed by atoms with E-state index in [2.05, 4.69) is 21.2 Å². The Balaban J connectivity index is 1.89. The maximum atomic E-state index is 12.4. The summed E-state index contributed by atoms with van der Waals surface area (Å²) in [6.07, 6.45) is 0. The molecule has 0 atom stereocenters. The maximum Gasteiger partial charge on any atom is 0.255 e. The minimum Gasteiger partial charge on any atom is -0.321 e. The minimum atomic E-state index is -0.106. The highest BCUT2D eigenvalue weighted by Gasteiger charge is 2.09. The van der Waals surface area contributed by atoms with Gasteiger partial charge in [-0.1, -0.05) is 36.4 Å². The largest absolute Gasteiger partial charge is 0.321 e. The fourth-order valence-corrected chi connectivity index (χ4v) is 2.84. The summed E-state index contributed by atoms with van der Waals surface area (Å²) in [7, 11) is 0. The molecule has 0 aromatic heterocycles. The van der Waals surface area contributed by atoms with Gasteiger partial charge in [-0.25, -0.2) is 0 Å². The van der Waals surface area contributed by atoms with Crippen molar-refractivity contribution in [2.24, 2.45) is 0 Å². The van der Waals surface area contributed by atoms with E-state index in [4.69, 9.17) is 0 Å². The first-order valence-corrected chi connectivity index (χ1v) is 7.49. The second-order valence-electron chi connectivity index (χ2n) is 5.00.